The number of piperidine rings is 1. The van der Waals surface area contributed by atoms with Crippen molar-refractivity contribution >= 4 is 11.8 Å². The molecule has 1 aliphatic rings. The molecule has 0 aromatic rings. The zero-order valence-corrected chi connectivity index (χ0v) is 11.7. The highest BCUT2D eigenvalue weighted by atomic mass is 16.2. The van der Waals surface area contributed by atoms with Gasteiger partial charge in [-0.1, -0.05) is 0 Å². The fraction of sp³-hybridized carbons (Fsp3) is 0.846. The van der Waals surface area contributed by atoms with E-state index in [-0.39, 0.29) is 17.7 Å². The molecule has 0 radical (unpaired) electrons. The molecule has 2 atom stereocenters. The summed E-state index contributed by atoms with van der Waals surface area (Å²) in [4.78, 5) is 25.7. The van der Waals surface area contributed by atoms with Crippen molar-refractivity contribution in [3.8, 4) is 0 Å². The molecule has 0 aromatic heterocycles. The molecule has 2 amide bonds. The molecular formula is C13H25N3O2. The van der Waals surface area contributed by atoms with Gasteiger partial charge in [0.1, 0.15) is 6.04 Å². The van der Waals surface area contributed by atoms with Crippen molar-refractivity contribution in [3.63, 3.8) is 0 Å². The van der Waals surface area contributed by atoms with Crippen LogP contribution in [-0.4, -0.2) is 48.9 Å². The molecule has 5 heteroatoms. The number of nitrogens with one attached hydrogen (secondary N) is 2. The fourth-order valence-electron chi connectivity index (χ4n) is 2.28. The van der Waals surface area contributed by atoms with Crippen molar-refractivity contribution in [3.05, 3.63) is 0 Å². The Kier molecular flexibility index (Phi) is 6.12. The summed E-state index contributed by atoms with van der Waals surface area (Å²) in [5, 5.41) is 6.04. The van der Waals surface area contributed by atoms with Crippen LogP contribution in [-0.2, 0) is 9.59 Å². The average Bonchev–Trinajstić information content (AvgIpc) is 2.40. The predicted molar refractivity (Wildman–Crippen MR) is 71.1 cm³/mol. The van der Waals surface area contributed by atoms with Gasteiger partial charge in [0.15, 0.2) is 0 Å². The number of amides is 2. The number of rotatable bonds is 5. The summed E-state index contributed by atoms with van der Waals surface area (Å²) in [7, 11) is 0. The molecule has 1 unspecified atom stereocenters. The quantitative estimate of drug-likeness (QED) is 0.745. The van der Waals surface area contributed by atoms with Gasteiger partial charge in [0.25, 0.3) is 0 Å². The Morgan fingerprint density at radius 3 is 2.56 bits per heavy atom. The minimum Gasteiger partial charge on any atom is -0.344 e. The van der Waals surface area contributed by atoms with Crippen LogP contribution in [0.5, 0.6) is 0 Å². The number of hydrogen-bond donors (Lipinski definition) is 2. The van der Waals surface area contributed by atoms with E-state index in [9.17, 15) is 9.59 Å². The van der Waals surface area contributed by atoms with Gasteiger partial charge in [0.2, 0.25) is 11.8 Å². The van der Waals surface area contributed by atoms with E-state index in [1.807, 2.05) is 13.8 Å². The zero-order chi connectivity index (χ0) is 13.5. The van der Waals surface area contributed by atoms with Gasteiger partial charge in [-0.3, -0.25) is 9.59 Å². The summed E-state index contributed by atoms with van der Waals surface area (Å²) in [5.41, 5.74) is 0. The highest BCUT2D eigenvalue weighted by Gasteiger charge is 2.25. The Hall–Kier alpha value is -1.10. The summed E-state index contributed by atoms with van der Waals surface area (Å²) in [6.07, 6.45) is 1.93. The average molecular weight is 255 g/mol. The maximum atomic E-state index is 12.0. The highest BCUT2D eigenvalue weighted by molar-refractivity contribution is 5.88. The van der Waals surface area contributed by atoms with E-state index in [1.165, 1.54) is 0 Å². The Morgan fingerprint density at radius 1 is 1.39 bits per heavy atom. The first-order chi connectivity index (χ1) is 8.60. The molecule has 1 aliphatic heterocycles. The third-order valence-electron chi connectivity index (χ3n) is 3.47. The Labute approximate surface area is 109 Å². The van der Waals surface area contributed by atoms with E-state index >= 15 is 0 Å². The molecule has 1 fully saturated rings. The molecular weight excluding hydrogens is 230 g/mol. The second-order valence-electron chi connectivity index (χ2n) is 4.78. The number of likely N-dealkylation sites (N-methyl/N-ethyl adjacent to an activating group) is 1. The topological polar surface area (TPSA) is 61.4 Å². The van der Waals surface area contributed by atoms with Gasteiger partial charge < -0.3 is 15.5 Å². The highest BCUT2D eigenvalue weighted by Crippen LogP contribution is 2.10. The van der Waals surface area contributed by atoms with Gasteiger partial charge in [0, 0.05) is 19.6 Å². The number of carbonyl (C=O) groups excluding carboxylic acids is 2. The van der Waals surface area contributed by atoms with Gasteiger partial charge in [-0.15, -0.1) is 0 Å². The van der Waals surface area contributed by atoms with Gasteiger partial charge in [-0.25, -0.2) is 0 Å². The van der Waals surface area contributed by atoms with E-state index in [0.29, 0.717) is 13.1 Å². The van der Waals surface area contributed by atoms with Crippen LogP contribution < -0.4 is 10.6 Å². The summed E-state index contributed by atoms with van der Waals surface area (Å²) >= 11 is 0. The van der Waals surface area contributed by atoms with Crippen LogP contribution in [0.1, 0.15) is 33.6 Å². The van der Waals surface area contributed by atoms with Crippen molar-refractivity contribution in [2.45, 2.75) is 39.7 Å². The molecule has 1 heterocycles. The van der Waals surface area contributed by atoms with Crippen molar-refractivity contribution in [2.75, 3.05) is 26.2 Å². The van der Waals surface area contributed by atoms with E-state index in [0.717, 1.165) is 25.9 Å². The Balaban J connectivity index is 2.45. The summed E-state index contributed by atoms with van der Waals surface area (Å²) in [6, 6.07) is -0.431. The SMILES string of the molecule is CCN(CC)C(=O)C(C)NC(=O)[C@@H]1CCCNC1. The van der Waals surface area contributed by atoms with Crippen molar-refractivity contribution in [1.29, 1.82) is 0 Å². The van der Waals surface area contributed by atoms with E-state index in [4.69, 9.17) is 0 Å². The fourth-order valence-corrected chi connectivity index (χ4v) is 2.28. The first-order valence-corrected chi connectivity index (χ1v) is 6.90. The molecule has 0 saturated carbocycles. The van der Waals surface area contributed by atoms with Gasteiger partial charge in [-0.2, -0.15) is 0 Å². The minimum atomic E-state index is -0.431. The van der Waals surface area contributed by atoms with Gasteiger partial charge in [-0.05, 0) is 40.2 Å². The number of nitrogens with zero attached hydrogens (tertiary/aromatic N) is 1. The molecule has 18 heavy (non-hydrogen) atoms. The van der Waals surface area contributed by atoms with Crippen LogP contribution in [0.3, 0.4) is 0 Å². The lowest BCUT2D eigenvalue weighted by Crippen LogP contribution is -2.50. The first-order valence-electron chi connectivity index (χ1n) is 6.90. The van der Waals surface area contributed by atoms with E-state index in [1.54, 1.807) is 11.8 Å². The second-order valence-corrected chi connectivity index (χ2v) is 4.78. The maximum Gasteiger partial charge on any atom is 0.244 e. The molecule has 0 spiro atoms. The van der Waals surface area contributed by atoms with Crippen LogP contribution >= 0.6 is 0 Å². The van der Waals surface area contributed by atoms with Crippen LogP contribution in [0, 0.1) is 5.92 Å². The van der Waals surface area contributed by atoms with Crippen LogP contribution in [0.25, 0.3) is 0 Å². The van der Waals surface area contributed by atoms with Crippen molar-refractivity contribution < 1.29 is 9.59 Å². The van der Waals surface area contributed by atoms with Crippen LogP contribution in [0.15, 0.2) is 0 Å². The van der Waals surface area contributed by atoms with Crippen LogP contribution in [0.2, 0.25) is 0 Å². The standard InChI is InChI=1S/C13H25N3O2/c1-4-16(5-2)13(18)10(3)15-12(17)11-7-6-8-14-9-11/h10-11,14H,4-9H2,1-3H3,(H,15,17)/t10?,11-/m1/s1. The lowest BCUT2D eigenvalue weighted by atomic mass is 9.98. The third-order valence-corrected chi connectivity index (χ3v) is 3.47. The number of hydrogen-bond acceptors (Lipinski definition) is 3. The van der Waals surface area contributed by atoms with Gasteiger partial charge in [0.05, 0.1) is 5.92 Å². The molecule has 1 saturated heterocycles. The first kappa shape index (κ1) is 15.0. The molecule has 0 bridgehead atoms. The summed E-state index contributed by atoms with van der Waals surface area (Å²) in [5.74, 6) is -0.00183. The smallest absolute Gasteiger partial charge is 0.244 e. The molecule has 5 nitrogen and oxygen atoms in total. The van der Waals surface area contributed by atoms with Crippen molar-refractivity contribution in [2.24, 2.45) is 5.92 Å². The minimum absolute atomic E-state index is 0.00267. The largest absolute Gasteiger partial charge is 0.344 e. The number of carbonyl (C=O) groups is 2. The lowest BCUT2D eigenvalue weighted by molar-refractivity contribution is -0.136. The normalized spacial score (nSPS) is 21.2. The molecule has 2 N–H and O–H groups in total. The van der Waals surface area contributed by atoms with Gasteiger partial charge >= 0.3 is 0 Å². The molecule has 104 valence electrons. The monoisotopic (exact) mass is 255 g/mol. The van der Waals surface area contributed by atoms with E-state index < -0.39 is 6.04 Å². The van der Waals surface area contributed by atoms with Crippen LogP contribution in [0.4, 0.5) is 0 Å². The van der Waals surface area contributed by atoms with Crippen molar-refractivity contribution in [1.82, 2.24) is 15.5 Å². The molecule has 1 rings (SSSR count). The van der Waals surface area contributed by atoms with E-state index in [2.05, 4.69) is 10.6 Å². The Bertz CT molecular complexity index is 284. The second kappa shape index (κ2) is 7.36. The predicted octanol–water partition coefficient (Wildman–Crippen LogP) is 0.359. The lowest BCUT2D eigenvalue weighted by Gasteiger charge is -2.26. The molecule has 0 aromatic carbocycles. The third kappa shape index (κ3) is 3.98. The summed E-state index contributed by atoms with van der Waals surface area (Å²) < 4.78 is 0. The summed E-state index contributed by atoms with van der Waals surface area (Å²) in [6.45, 7) is 8.72. The zero-order valence-electron chi connectivity index (χ0n) is 11.7. The molecule has 0 aliphatic carbocycles. The Morgan fingerprint density at radius 2 is 2.06 bits per heavy atom. The maximum absolute atomic E-state index is 12.0.